The van der Waals surface area contributed by atoms with E-state index in [1.165, 1.54) is 12.1 Å². The van der Waals surface area contributed by atoms with E-state index in [1.54, 1.807) is 6.07 Å². The Morgan fingerprint density at radius 1 is 1.21 bits per heavy atom. The third-order valence-corrected chi connectivity index (χ3v) is 3.10. The van der Waals surface area contributed by atoms with Crippen LogP contribution in [0.2, 0.25) is 5.02 Å². The van der Waals surface area contributed by atoms with Crippen LogP contribution in [-0.2, 0) is 6.61 Å². The maximum absolute atomic E-state index is 13.2. The topological polar surface area (TPSA) is 35.2 Å². The first-order valence-electron chi connectivity index (χ1n) is 5.98. The molecule has 0 heterocycles. The second-order valence-corrected chi connectivity index (χ2v) is 4.80. The largest absolute Gasteiger partial charge is 0.489 e. The van der Waals surface area contributed by atoms with E-state index in [2.05, 4.69) is 0 Å². The van der Waals surface area contributed by atoms with Crippen LogP contribution >= 0.6 is 11.6 Å². The molecule has 2 rings (SSSR count). The van der Waals surface area contributed by atoms with E-state index in [4.69, 9.17) is 22.1 Å². The number of nitrogens with two attached hydrogens (primary N) is 1. The predicted molar refractivity (Wildman–Crippen MR) is 74.8 cm³/mol. The Bertz CT molecular complexity index is 555. The highest BCUT2D eigenvalue weighted by molar-refractivity contribution is 6.30. The van der Waals surface area contributed by atoms with Gasteiger partial charge in [0.15, 0.2) is 0 Å². The fraction of sp³-hybridized carbons (Fsp3) is 0.200. The number of rotatable bonds is 4. The molecule has 2 nitrogen and oxygen atoms in total. The third kappa shape index (κ3) is 3.69. The Labute approximate surface area is 117 Å². The molecule has 0 aliphatic rings. The molecule has 0 radical (unpaired) electrons. The van der Waals surface area contributed by atoms with E-state index in [9.17, 15) is 4.39 Å². The van der Waals surface area contributed by atoms with Gasteiger partial charge in [-0.05, 0) is 42.3 Å². The van der Waals surface area contributed by atoms with Crippen molar-refractivity contribution >= 4 is 11.6 Å². The Kier molecular flexibility index (Phi) is 4.40. The van der Waals surface area contributed by atoms with Gasteiger partial charge in [-0.25, -0.2) is 4.39 Å². The van der Waals surface area contributed by atoms with E-state index in [1.807, 2.05) is 31.2 Å². The van der Waals surface area contributed by atoms with Gasteiger partial charge in [0.25, 0.3) is 0 Å². The van der Waals surface area contributed by atoms with E-state index in [0.717, 1.165) is 16.9 Å². The Morgan fingerprint density at radius 3 is 2.47 bits per heavy atom. The van der Waals surface area contributed by atoms with Gasteiger partial charge in [-0.1, -0.05) is 29.8 Å². The van der Waals surface area contributed by atoms with Crippen molar-refractivity contribution in [1.82, 2.24) is 0 Å². The monoisotopic (exact) mass is 279 g/mol. The molecule has 0 spiro atoms. The molecule has 4 heteroatoms. The summed E-state index contributed by atoms with van der Waals surface area (Å²) in [5.41, 5.74) is 7.55. The molecular weight excluding hydrogens is 265 g/mol. The first-order chi connectivity index (χ1) is 9.06. The molecule has 0 aliphatic carbocycles. The molecule has 0 amide bonds. The Balaban J connectivity index is 2.00. The first-order valence-corrected chi connectivity index (χ1v) is 6.36. The lowest BCUT2D eigenvalue weighted by Gasteiger charge is -2.09. The first kappa shape index (κ1) is 13.8. The molecule has 0 aliphatic heterocycles. The SMILES string of the molecule is C[C@@H](N)c1ccc(OCc2ccc(Cl)c(F)c2)cc1. The van der Waals surface area contributed by atoms with Crippen molar-refractivity contribution in [2.45, 2.75) is 19.6 Å². The van der Waals surface area contributed by atoms with Crippen LogP contribution in [0.15, 0.2) is 42.5 Å². The highest BCUT2D eigenvalue weighted by atomic mass is 35.5. The Hall–Kier alpha value is -1.58. The van der Waals surface area contributed by atoms with Crippen LogP contribution in [0.25, 0.3) is 0 Å². The lowest BCUT2D eigenvalue weighted by Crippen LogP contribution is -2.04. The van der Waals surface area contributed by atoms with Gasteiger partial charge in [-0.2, -0.15) is 0 Å². The fourth-order valence-corrected chi connectivity index (χ4v) is 1.78. The zero-order valence-electron chi connectivity index (χ0n) is 10.6. The summed E-state index contributed by atoms with van der Waals surface area (Å²) in [7, 11) is 0. The quantitative estimate of drug-likeness (QED) is 0.915. The molecule has 0 saturated carbocycles. The van der Waals surface area contributed by atoms with Gasteiger partial charge in [0, 0.05) is 6.04 Å². The van der Waals surface area contributed by atoms with Crippen LogP contribution in [0.4, 0.5) is 4.39 Å². The van der Waals surface area contributed by atoms with Gasteiger partial charge in [-0.3, -0.25) is 0 Å². The molecule has 0 saturated heterocycles. The fourth-order valence-electron chi connectivity index (χ4n) is 1.66. The van der Waals surface area contributed by atoms with E-state index >= 15 is 0 Å². The average Bonchev–Trinajstić information content (AvgIpc) is 2.40. The molecule has 19 heavy (non-hydrogen) atoms. The summed E-state index contributed by atoms with van der Waals surface area (Å²) in [6, 6.07) is 12.2. The van der Waals surface area contributed by atoms with Crippen molar-refractivity contribution in [2.24, 2.45) is 5.73 Å². The van der Waals surface area contributed by atoms with E-state index in [-0.39, 0.29) is 11.1 Å². The van der Waals surface area contributed by atoms with E-state index in [0.29, 0.717) is 6.61 Å². The summed E-state index contributed by atoms with van der Waals surface area (Å²) in [5.74, 6) is 0.287. The lowest BCUT2D eigenvalue weighted by molar-refractivity contribution is 0.305. The molecule has 0 unspecified atom stereocenters. The van der Waals surface area contributed by atoms with Gasteiger partial charge in [0.1, 0.15) is 18.2 Å². The molecule has 1 atom stereocenters. The van der Waals surface area contributed by atoms with Gasteiger partial charge >= 0.3 is 0 Å². The number of ether oxygens (including phenoxy) is 1. The van der Waals surface area contributed by atoms with Crippen LogP contribution < -0.4 is 10.5 Å². The number of hydrogen-bond acceptors (Lipinski definition) is 2. The molecular formula is C15H15ClFNO. The number of hydrogen-bond donors (Lipinski definition) is 1. The summed E-state index contributed by atoms with van der Waals surface area (Å²) in [5, 5.41) is 0.116. The minimum Gasteiger partial charge on any atom is -0.489 e. The van der Waals surface area contributed by atoms with Crippen LogP contribution in [0.5, 0.6) is 5.75 Å². The van der Waals surface area contributed by atoms with Crippen LogP contribution in [0.1, 0.15) is 24.1 Å². The van der Waals surface area contributed by atoms with Crippen molar-refractivity contribution < 1.29 is 9.13 Å². The highest BCUT2D eigenvalue weighted by Crippen LogP contribution is 2.19. The predicted octanol–water partition coefficient (Wildman–Crippen LogP) is 4.08. The summed E-state index contributed by atoms with van der Waals surface area (Å²) in [4.78, 5) is 0. The van der Waals surface area contributed by atoms with Crippen LogP contribution in [0.3, 0.4) is 0 Å². The van der Waals surface area contributed by atoms with Crippen molar-refractivity contribution in [3.63, 3.8) is 0 Å². The normalized spacial score (nSPS) is 12.2. The Morgan fingerprint density at radius 2 is 1.89 bits per heavy atom. The summed E-state index contributed by atoms with van der Waals surface area (Å²) >= 11 is 5.62. The van der Waals surface area contributed by atoms with E-state index < -0.39 is 5.82 Å². The minimum atomic E-state index is -0.435. The lowest BCUT2D eigenvalue weighted by atomic mass is 10.1. The molecule has 2 aromatic carbocycles. The number of halogens is 2. The van der Waals surface area contributed by atoms with Gasteiger partial charge < -0.3 is 10.5 Å². The van der Waals surface area contributed by atoms with Gasteiger partial charge in [-0.15, -0.1) is 0 Å². The minimum absolute atomic E-state index is 0.000545. The van der Waals surface area contributed by atoms with Crippen LogP contribution in [-0.4, -0.2) is 0 Å². The second kappa shape index (κ2) is 6.04. The third-order valence-electron chi connectivity index (χ3n) is 2.80. The van der Waals surface area contributed by atoms with Crippen molar-refractivity contribution in [1.29, 1.82) is 0 Å². The zero-order chi connectivity index (χ0) is 13.8. The smallest absolute Gasteiger partial charge is 0.142 e. The molecule has 0 aromatic heterocycles. The maximum Gasteiger partial charge on any atom is 0.142 e. The number of benzene rings is 2. The molecule has 2 aromatic rings. The van der Waals surface area contributed by atoms with Gasteiger partial charge in [0.05, 0.1) is 5.02 Å². The summed E-state index contributed by atoms with van der Waals surface area (Å²) in [6.45, 7) is 2.22. The summed E-state index contributed by atoms with van der Waals surface area (Å²) < 4.78 is 18.8. The molecule has 100 valence electrons. The molecule has 0 bridgehead atoms. The van der Waals surface area contributed by atoms with Crippen molar-refractivity contribution in [2.75, 3.05) is 0 Å². The van der Waals surface area contributed by atoms with Gasteiger partial charge in [0.2, 0.25) is 0 Å². The molecule has 2 N–H and O–H groups in total. The summed E-state index contributed by atoms with van der Waals surface area (Å²) in [6.07, 6.45) is 0. The van der Waals surface area contributed by atoms with Crippen molar-refractivity contribution in [3.05, 3.63) is 64.4 Å². The second-order valence-electron chi connectivity index (χ2n) is 4.39. The average molecular weight is 280 g/mol. The standard InChI is InChI=1S/C15H15ClFNO/c1-10(18)12-3-5-13(6-4-12)19-9-11-2-7-14(16)15(17)8-11/h2-8,10H,9,18H2,1H3/t10-/m1/s1. The zero-order valence-corrected chi connectivity index (χ0v) is 11.3. The van der Waals surface area contributed by atoms with Crippen molar-refractivity contribution in [3.8, 4) is 5.75 Å². The van der Waals surface area contributed by atoms with Crippen LogP contribution in [0, 0.1) is 5.82 Å². The highest BCUT2D eigenvalue weighted by Gasteiger charge is 2.03. The molecule has 0 fully saturated rings. The maximum atomic E-state index is 13.2.